The number of nitrogens with one attached hydrogen (secondary N) is 2. The van der Waals surface area contributed by atoms with Crippen molar-refractivity contribution in [3.8, 4) is 5.75 Å². The van der Waals surface area contributed by atoms with E-state index in [1.54, 1.807) is 7.11 Å². The third kappa shape index (κ3) is 4.58. The first-order valence-electron chi connectivity index (χ1n) is 7.53. The van der Waals surface area contributed by atoms with Crippen LogP contribution >= 0.6 is 0 Å². The molecule has 128 valence electrons. The van der Waals surface area contributed by atoms with Crippen molar-refractivity contribution in [3.63, 3.8) is 0 Å². The van der Waals surface area contributed by atoms with Crippen LogP contribution in [0, 0.1) is 0 Å². The van der Waals surface area contributed by atoms with Gasteiger partial charge in [-0.15, -0.1) is 0 Å². The van der Waals surface area contributed by atoms with Crippen LogP contribution in [0.4, 0.5) is 0 Å². The number of nitrogens with zero attached hydrogens (tertiary/aromatic N) is 1. The Labute approximate surface area is 139 Å². The van der Waals surface area contributed by atoms with Crippen molar-refractivity contribution in [2.75, 3.05) is 7.11 Å². The summed E-state index contributed by atoms with van der Waals surface area (Å²) in [6.45, 7) is 3.63. The van der Waals surface area contributed by atoms with E-state index in [4.69, 9.17) is 4.74 Å². The van der Waals surface area contributed by atoms with E-state index in [0.717, 1.165) is 15.9 Å². The first-order valence-corrected chi connectivity index (χ1v) is 7.53. The Hall–Kier alpha value is -2.83. The number of ether oxygens (including phenoxy) is 1. The molecule has 0 aliphatic heterocycles. The maximum atomic E-state index is 12.2. The molecule has 24 heavy (non-hydrogen) atoms. The van der Waals surface area contributed by atoms with Crippen molar-refractivity contribution in [2.45, 2.75) is 32.4 Å². The third-order valence-corrected chi connectivity index (χ3v) is 3.51. The number of carbonyl (C=O) groups is 1. The number of rotatable bonds is 6. The molecule has 1 amide bonds. The Morgan fingerprint density at radius 3 is 2.62 bits per heavy atom. The van der Waals surface area contributed by atoms with Gasteiger partial charge < -0.3 is 10.1 Å². The van der Waals surface area contributed by atoms with Gasteiger partial charge in [0.1, 0.15) is 12.3 Å². The summed E-state index contributed by atoms with van der Waals surface area (Å²) < 4.78 is 6.48. The molecule has 1 aromatic carbocycles. The van der Waals surface area contributed by atoms with Gasteiger partial charge in [-0.1, -0.05) is 18.2 Å². The molecule has 1 aromatic heterocycles. The topological polar surface area (TPSA) is 93.2 Å². The van der Waals surface area contributed by atoms with Crippen LogP contribution in [0.5, 0.6) is 5.75 Å². The number of hydrogen-bond donors (Lipinski definition) is 2. The molecular weight excluding hydrogens is 310 g/mol. The number of para-hydroxylation sites is 1. The van der Waals surface area contributed by atoms with Gasteiger partial charge in [0, 0.05) is 17.8 Å². The highest BCUT2D eigenvalue weighted by molar-refractivity contribution is 5.76. The average molecular weight is 331 g/mol. The van der Waals surface area contributed by atoms with Crippen LogP contribution in [0.25, 0.3) is 0 Å². The van der Waals surface area contributed by atoms with E-state index in [1.807, 2.05) is 38.1 Å². The molecule has 0 aliphatic carbocycles. The summed E-state index contributed by atoms with van der Waals surface area (Å²) in [5, 5.41) is 2.90. The number of benzene rings is 1. The van der Waals surface area contributed by atoms with Gasteiger partial charge in [-0.3, -0.25) is 19.1 Å². The van der Waals surface area contributed by atoms with E-state index in [1.165, 1.54) is 12.3 Å². The smallest absolute Gasteiger partial charge is 0.328 e. The third-order valence-electron chi connectivity index (χ3n) is 3.51. The van der Waals surface area contributed by atoms with E-state index < -0.39 is 16.8 Å². The molecule has 0 saturated carbocycles. The molecule has 0 spiro atoms. The zero-order chi connectivity index (χ0) is 17.7. The van der Waals surface area contributed by atoms with Crippen LogP contribution in [0.15, 0.2) is 46.1 Å². The summed E-state index contributed by atoms with van der Waals surface area (Å²) in [6.07, 6.45) is 1.87. The molecule has 0 unspecified atom stereocenters. The van der Waals surface area contributed by atoms with Gasteiger partial charge in [-0.25, -0.2) is 4.79 Å². The maximum Gasteiger partial charge on any atom is 0.328 e. The average Bonchev–Trinajstić information content (AvgIpc) is 2.49. The highest BCUT2D eigenvalue weighted by atomic mass is 16.5. The molecule has 0 aliphatic rings. The van der Waals surface area contributed by atoms with Gasteiger partial charge in [0.15, 0.2) is 0 Å². The van der Waals surface area contributed by atoms with E-state index >= 15 is 0 Å². The van der Waals surface area contributed by atoms with E-state index in [2.05, 4.69) is 10.3 Å². The minimum absolute atomic E-state index is 0.162. The second-order valence-electron chi connectivity index (χ2n) is 6.16. The Kier molecular flexibility index (Phi) is 5.23. The normalized spacial score (nSPS) is 11.1. The lowest BCUT2D eigenvalue weighted by Crippen LogP contribution is -2.47. The summed E-state index contributed by atoms with van der Waals surface area (Å²) in [5.41, 5.74) is -0.655. The molecule has 2 N–H and O–H groups in total. The predicted octanol–water partition coefficient (Wildman–Crippen LogP) is 0.683. The number of aromatic amines is 1. The molecule has 7 nitrogen and oxygen atoms in total. The van der Waals surface area contributed by atoms with Gasteiger partial charge >= 0.3 is 5.69 Å². The highest BCUT2D eigenvalue weighted by Crippen LogP contribution is 2.22. The number of amides is 1. The SMILES string of the molecule is COc1ccccc1CC(C)(C)NC(=O)Cn1ccc(=O)[nH]c1=O. The van der Waals surface area contributed by atoms with Crippen molar-refractivity contribution in [1.29, 1.82) is 0 Å². The quantitative estimate of drug-likeness (QED) is 0.814. The first kappa shape index (κ1) is 17.5. The molecular formula is C17H21N3O4. The number of methoxy groups -OCH3 is 1. The lowest BCUT2D eigenvalue weighted by atomic mass is 9.94. The number of aromatic nitrogens is 2. The standard InChI is InChI=1S/C17H21N3O4/c1-17(2,10-12-6-4-5-7-13(12)24-3)19-15(22)11-20-9-8-14(21)18-16(20)23/h4-9H,10-11H2,1-3H3,(H,19,22)(H,18,21,23). The Morgan fingerprint density at radius 2 is 1.96 bits per heavy atom. The van der Waals surface area contributed by atoms with Gasteiger partial charge in [0.25, 0.3) is 5.56 Å². The van der Waals surface area contributed by atoms with E-state index in [-0.39, 0.29) is 12.5 Å². The van der Waals surface area contributed by atoms with Crippen molar-refractivity contribution in [3.05, 3.63) is 62.9 Å². The molecule has 2 rings (SSSR count). The van der Waals surface area contributed by atoms with Crippen molar-refractivity contribution in [1.82, 2.24) is 14.9 Å². The lowest BCUT2D eigenvalue weighted by Gasteiger charge is -2.27. The molecule has 2 aromatic rings. The summed E-state index contributed by atoms with van der Waals surface area (Å²) in [4.78, 5) is 37.0. The van der Waals surface area contributed by atoms with Crippen LogP contribution < -0.4 is 21.3 Å². The van der Waals surface area contributed by atoms with Gasteiger partial charge in [-0.2, -0.15) is 0 Å². The molecule has 0 bridgehead atoms. The van der Waals surface area contributed by atoms with Crippen LogP contribution in [0.2, 0.25) is 0 Å². The second kappa shape index (κ2) is 7.16. The molecule has 0 radical (unpaired) electrons. The summed E-state index contributed by atoms with van der Waals surface area (Å²) in [6, 6.07) is 8.81. The van der Waals surface area contributed by atoms with E-state index in [9.17, 15) is 14.4 Å². The fraction of sp³-hybridized carbons (Fsp3) is 0.353. The van der Waals surface area contributed by atoms with Crippen LogP contribution in [-0.4, -0.2) is 28.1 Å². The number of H-pyrrole nitrogens is 1. The monoisotopic (exact) mass is 331 g/mol. The molecule has 0 fully saturated rings. The van der Waals surface area contributed by atoms with Crippen molar-refractivity contribution in [2.24, 2.45) is 0 Å². The largest absolute Gasteiger partial charge is 0.496 e. The van der Waals surface area contributed by atoms with Crippen LogP contribution in [-0.2, 0) is 17.8 Å². The zero-order valence-electron chi connectivity index (χ0n) is 14.0. The van der Waals surface area contributed by atoms with Crippen molar-refractivity contribution >= 4 is 5.91 Å². The molecule has 0 atom stereocenters. The Bertz CT molecular complexity index is 836. The van der Waals surface area contributed by atoms with E-state index in [0.29, 0.717) is 6.42 Å². The second-order valence-corrected chi connectivity index (χ2v) is 6.16. The number of hydrogen-bond acceptors (Lipinski definition) is 4. The molecule has 1 heterocycles. The van der Waals surface area contributed by atoms with Gasteiger partial charge in [0.2, 0.25) is 5.91 Å². The summed E-state index contributed by atoms with van der Waals surface area (Å²) >= 11 is 0. The van der Waals surface area contributed by atoms with Gasteiger partial charge in [-0.05, 0) is 31.9 Å². The highest BCUT2D eigenvalue weighted by Gasteiger charge is 2.22. The Balaban J connectivity index is 2.06. The minimum atomic E-state index is -0.611. The first-order chi connectivity index (χ1) is 11.3. The predicted molar refractivity (Wildman–Crippen MR) is 90.2 cm³/mol. The zero-order valence-corrected chi connectivity index (χ0v) is 14.0. The fourth-order valence-electron chi connectivity index (χ4n) is 2.51. The van der Waals surface area contributed by atoms with Crippen molar-refractivity contribution < 1.29 is 9.53 Å². The van der Waals surface area contributed by atoms with Crippen LogP contribution in [0.3, 0.4) is 0 Å². The van der Waals surface area contributed by atoms with Crippen LogP contribution in [0.1, 0.15) is 19.4 Å². The summed E-state index contributed by atoms with van der Waals surface area (Å²) in [7, 11) is 1.60. The molecule has 7 heteroatoms. The fourth-order valence-corrected chi connectivity index (χ4v) is 2.51. The van der Waals surface area contributed by atoms with Gasteiger partial charge in [0.05, 0.1) is 7.11 Å². The Morgan fingerprint density at radius 1 is 1.25 bits per heavy atom. The minimum Gasteiger partial charge on any atom is -0.496 e. The number of carbonyl (C=O) groups excluding carboxylic acids is 1. The molecule has 0 saturated heterocycles. The maximum absolute atomic E-state index is 12.2. The summed E-state index contributed by atoms with van der Waals surface area (Å²) in [5.74, 6) is 0.445. The lowest BCUT2D eigenvalue weighted by molar-refractivity contribution is -0.123.